The number of rotatable bonds is 9. The molecule has 0 aliphatic rings. The average Bonchev–Trinajstić information content (AvgIpc) is 2.70. The fourth-order valence-electron chi connectivity index (χ4n) is 2.58. The van der Waals surface area contributed by atoms with Crippen LogP contribution in [0.2, 0.25) is 0 Å². The fourth-order valence-corrected chi connectivity index (χ4v) is 4.26. The van der Waals surface area contributed by atoms with Crippen LogP contribution in [0, 0.1) is 0 Å². The Bertz CT molecular complexity index is 832. The lowest BCUT2D eigenvalue weighted by atomic mass is 10.2. The first-order valence-corrected chi connectivity index (χ1v) is 10.8. The van der Waals surface area contributed by atoms with Gasteiger partial charge in [0, 0.05) is 0 Å². The highest BCUT2D eigenvalue weighted by Gasteiger charge is 2.27. The summed E-state index contributed by atoms with van der Waals surface area (Å²) in [7, 11) is -3.31. The van der Waals surface area contributed by atoms with Crippen LogP contribution in [0.5, 0.6) is 11.5 Å². The zero-order valence-corrected chi connectivity index (χ0v) is 16.0. The maximum atomic E-state index is 13.3. The Labute approximate surface area is 160 Å². The molecule has 0 heterocycles. The molecule has 0 N–H and O–H groups in total. The molecule has 0 unspecified atom stereocenters. The molecule has 3 nitrogen and oxygen atoms in total. The van der Waals surface area contributed by atoms with Crippen LogP contribution in [0.3, 0.4) is 0 Å². The first-order chi connectivity index (χ1) is 13.2. The van der Waals surface area contributed by atoms with Crippen molar-refractivity contribution in [1.82, 2.24) is 0 Å². The van der Waals surface area contributed by atoms with Crippen molar-refractivity contribution in [2.45, 2.75) is 12.8 Å². The molecule has 0 aromatic heterocycles. The van der Waals surface area contributed by atoms with E-state index in [0.29, 0.717) is 24.1 Å². The van der Waals surface area contributed by atoms with Gasteiger partial charge in [-0.25, -0.2) is 4.57 Å². The number of hydrogen-bond donors (Lipinski definition) is 0. The first-order valence-electron chi connectivity index (χ1n) is 9.03. The minimum Gasteiger partial charge on any atom is -0.416 e. The van der Waals surface area contributed by atoms with Crippen molar-refractivity contribution in [1.29, 1.82) is 0 Å². The van der Waals surface area contributed by atoms with E-state index in [2.05, 4.69) is 24.3 Å². The molecule has 0 amide bonds. The summed E-state index contributed by atoms with van der Waals surface area (Å²) < 4.78 is 24.9. The summed E-state index contributed by atoms with van der Waals surface area (Å²) in [5.41, 5.74) is 1.15. The summed E-state index contributed by atoms with van der Waals surface area (Å²) in [5, 5.41) is 0. The second kappa shape index (κ2) is 9.80. The van der Waals surface area contributed by atoms with Gasteiger partial charge in [-0.05, 0) is 42.7 Å². The van der Waals surface area contributed by atoms with Gasteiger partial charge in [0.25, 0.3) is 0 Å². The maximum Gasteiger partial charge on any atom is 0.430 e. The van der Waals surface area contributed by atoms with Gasteiger partial charge in [-0.3, -0.25) is 0 Å². The summed E-state index contributed by atoms with van der Waals surface area (Å²) >= 11 is 0. The standard InChI is InChI=1S/C23H23O3P/c24-27(25-22-16-8-2-9-17-22,26-23-18-10-3-11-19-23)20-12-4-7-15-21-13-5-1-6-14-21/h1-3,5-11,13-19H,4,12,20H2. The fraction of sp³-hybridized carbons (Fsp3) is 0.130. The third-order valence-electron chi connectivity index (χ3n) is 3.89. The molecular formula is C23H23O3P. The predicted molar refractivity (Wildman–Crippen MR) is 111 cm³/mol. The van der Waals surface area contributed by atoms with Crippen molar-refractivity contribution in [3.63, 3.8) is 0 Å². The van der Waals surface area contributed by atoms with Crippen LogP contribution in [-0.4, -0.2) is 6.16 Å². The Kier molecular flexibility index (Phi) is 6.90. The van der Waals surface area contributed by atoms with E-state index < -0.39 is 7.60 Å². The van der Waals surface area contributed by atoms with Crippen molar-refractivity contribution >= 4 is 13.7 Å². The summed E-state index contributed by atoms with van der Waals surface area (Å²) in [5.74, 6) is 1.10. The van der Waals surface area contributed by atoms with Crippen LogP contribution in [0.15, 0.2) is 97.1 Å². The second-order valence-electron chi connectivity index (χ2n) is 6.10. The normalized spacial score (nSPS) is 11.4. The van der Waals surface area contributed by atoms with Crippen molar-refractivity contribution in [3.8, 4) is 11.5 Å². The number of para-hydroxylation sites is 2. The number of benzene rings is 3. The summed E-state index contributed by atoms with van der Waals surface area (Å²) in [6, 6.07) is 28.5. The molecule has 0 bridgehead atoms. The zero-order chi connectivity index (χ0) is 18.8. The Morgan fingerprint density at radius 2 is 1.19 bits per heavy atom. The Hall–Kier alpha value is -2.77. The maximum absolute atomic E-state index is 13.3. The second-order valence-corrected chi connectivity index (χ2v) is 8.13. The summed E-state index contributed by atoms with van der Waals surface area (Å²) in [6.07, 6.45) is 6.01. The van der Waals surface area contributed by atoms with E-state index >= 15 is 0 Å². The van der Waals surface area contributed by atoms with Crippen LogP contribution in [0.4, 0.5) is 0 Å². The lowest BCUT2D eigenvalue weighted by molar-refractivity contribution is 0.384. The molecular weight excluding hydrogens is 355 g/mol. The van der Waals surface area contributed by atoms with Crippen molar-refractivity contribution < 1.29 is 13.6 Å². The van der Waals surface area contributed by atoms with Gasteiger partial charge in [0.2, 0.25) is 0 Å². The monoisotopic (exact) mass is 378 g/mol. The molecule has 3 rings (SSSR count). The SMILES string of the molecule is O=P(CCCC=Cc1ccccc1)(Oc1ccccc1)Oc1ccccc1. The Morgan fingerprint density at radius 3 is 1.70 bits per heavy atom. The van der Waals surface area contributed by atoms with Gasteiger partial charge in [0.05, 0.1) is 6.16 Å². The molecule has 0 aliphatic carbocycles. The van der Waals surface area contributed by atoms with Gasteiger partial charge in [-0.15, -0.1) is 0 Å². The summed E-state index contributed by atoms with van der Waals surface area (Å²) in [6.45, 7) is 0. The molecule has 3 aromatic rings. The molecule has 4 heteroatoms. The van der Waals surface area contributed by atoms with E-state index in [1.54, 1.807) is 24.3 Å². The Morgan fingerprint density at radius 1 is 0.704 bits per heavy atom. The molecule has 0 aliphatic heterocycles. The number of allylic oxidation sites excluding steroid dienone is 1. The van der Waals surface area contributed by atoms with Crippen molar-refractivity contribution in [3.05, 3.63) is 103 Å². The average molecular weight is 378 g/mol. The minimum absolute atomic E-state index is 0.343. The zero-order valence-electron chi connectivity index (χ0n) is 15.1. The van der Waals surface area contributed by atoms with Crippen LogP contribution in [-0.2, 0) is 4.57 Å². The molecule has 0 spiro atoms. The van der Waals surface area contributed by atoms with Crippen molar-refractivity contribution in [2.75, 3.05) is 6.16 Å². The lowest BCUT2D eigenvalue weighted by Gasteiger charge is -2.20. The van der Waals surface area contributed by atoms with Gasteiger partial charge in [0.1, 0.15) is 11.5 Å². The third kappa shape index (κ3) is 6.47. The van der Waals surface area contributed by atoms with E-state index in [1.807, 2.05) is 54.6 Å². The minimum atomic E-state index is -3.31. The first kappa shape index (κ1) is 19.0. The van der Waals surface area contributed by atoms with Crippen LogP contribution >= 0.6 is 7.60 Å². The highest BCUT2D eigenvalue weighted by atomic mass is 31.2. The Balaban J connectivity index is 1.62. The molecule has 0 fully saturated rings. The molecule has 3 aromatic carbocycles. The number of unbranched alkanes of at least 4 members (excludes halogenated alkanes) is 1. The van der Waals surface area contributed by atoms with E-state index in [9.17, 15) is 4.57 Å². The highest BCUT2D eigenvalue weighted by molar-refractivity contribution is 7.54. The molecule has 0 radical (unpaired) electrons. The van der Waals surface area contributed by atoms with Crippen LogP contribution in [0.1, 0.15) is 18.4 Å². The molecule has 27 heavy (non-hydrogen) atoms. The van der Waals surface area contributed by atoms with Gasteiger partial charge < -0.3 is 9.05 Å². The predicted octanol–water partition coefficient (Wildman–Crippen LogP) is 6.83. The van der Waals surface area contributed by atoms with Gasteiger partial charge >= 0.3 is 7.60 Å². The molecule has 138 valence electrons. The van der Waals surface area contributed by atoms with Crippen LogP contribution < -0.4 is 9.05 Å². The van der Waals surface area contributed by atoms with Gasteiger partial charge in [-0.2, -0.15) is 0 Å². The molecule has 0 saturated carbocycles. The molecule has 0 atom stereocenters. The van der Waals surface area contributed by atoms with E-state index in [-0.39, 0.29) is 0 Å². The van der Waals surface area contributed by atoms with Gasteiger partial charge in [0.15, 0.2) is 0 Å². The highest BCUT2D eigenvalue weighted by Crippen LogP contribution is 2.49. The van der Waals surface area contributed by atoms with E-state index in [0.717, 1.165) is 12.0 Å². The lowest BCUT2D eigenvalue weighted by Crippen LogP contribution is -2.05. The smallest absolute Gasteiger partial charge is 0.416 e. The largest absolute Gasteiger partial charge is 0.430 e. The van der Waals surface area contributed by atoms with Crippen molar-refractivity contribution in [2.24, 2.45) is 0 Å². The van der Waals surface area contributed by atoms with Gasteiger partial charge in [-0.1, -0.05) is 78.9 Å². The third-order valence-corrected chi connectivity index (χ3v) is 5.73. The van der Waals surface area contributed by atoms with E-state index in [4.69, 9.17) is 9.05 Å². The quantitative estimate of drug-likeness (QED) is 0.302. The van der Waals surface area contributed by atoms with E-state index in [1.165, 1.54) is 0 Å². The number of hydrogen-bond acceptors (Lipinski definition) is 3. The topological polar surface area (TPSA) is 35.5 Å². The summed E-state index contributed by atoms with van der Waals surface area (Å²) in [4.78, 5) is 0. The molecule has 0 saturated heterocycles. The van der Waals surface area contributed by atoms with Crippen LogP contribution in [0.25, 0.3) is 6.08 Å².